The van der Waals surface area contributed by atoms with Crippen molar-refractivity contribution in [3.8, 4) is 44.5 Å². The zero-order valence-corrected chi connectivity index (χ0v) is 36.6. The summed E-state index contributed by atoms with van der Waals surface area (Å²) in [4.78, 5) is 10.8. The molecule has 66 heavy (non-hydrogen) atoms. The highest BCUT2D eigenvalue weighted by molar-refractivity contribution is 6.23. The van der Waals surface area contributed by atoms with Gasteiger partial charge in [-0.15, -0.1) is 0 Å². The second kappa shape index (κ2) is 16.3. The van der Waals surface area contributed by atoms with Gasteiger partial charge in [0.25, 0.3) is 0 Å². The molecule has 0 amide bonds. The van der Waals surface area contributed by atoms with E-state index in [1.54, 1.807) is 0 Å². The Kier molecular flexibility index (Phi) is 9.72. The van der Waals surface area contributed by atoms with E-state index in [1.165, 1.54) is 77.6 Å². The van der Waals surface area contributed by atoms with Gasteiger partial charge < -0.3 is 10.3 Å². The molecular formula is C62H46N4. The normalized spacial score (nSPS) is 14.8. The Morgan fingerprint density at radius 3 is 1.77 bits per heavy atom. The van der Waals surface area contributed by atoms with Crippen LogP contribution in [0.1, 0.15) is 53.2 Å². The van der Waals surface area contributed by atoms with Crippen LogP contribution < -0.4 is 5.73 Å². The Bertz CT molecular complexity index is 3580. The van der Waals surface area contributed by atoms with Crippen LogP contribution in [-0.4, -0.2) is 16.2 Å². The summed E-state index contributed by atoms with van der Waals surface area (Å²) in [7, 11) is 0. The van der Waals surface area contributed by atoms with Crippen LogP contribution in [0.4, 0.5) is 0 Å². The molecule has 4 heteroatoms. The highest BCUT2D eigenvalue weighted by Crippen LogP contribution is 2.67. The highest BCUT2D eigenvalue weighted by Gasteiger charge is 2.46. The van der Waals surface area contributed by atoms with Gasteiger partial charge in [-0.25, -0.2) is 9.98 Å². The van der Waals surface area contributed by atoms with E-state index in [0.29, 0.717) is 11.7 Å². The molecule has 0 saturated heterocycles. The van der Waals surface area contributed by atoms with Crippen molar-refractivity contribution in [3.63, 3.8) is 0 Å². The lowest BCUT2D eigenvalue weighted by atomic mass is 9.84. The van der Waals surface area contributed by atoms with Crippen molar-refractivity contribution in [2.45, 2.75) is 25.4 Å². The smallest absolute Gasteiger partial charge is 0.159 e. The van der Waals surface area contributed by atoms with Crippen molar-refractivity contribution in [1.29, 1.82) is 0 Å². The van der Waals surface area contributed by atoms with Crippen LogP contribution in [0.2, 0.25) is 0 Å². The van der Waals surface area contributed by atoms with Crippen LogP contribution in [0.3, 0.4) is 0 Å². The van der Waals surface area contributed by atoms with Gasteiger partial charge in [0, 0.05) is 33.4 Å². The predicted molar refractivity (Wildman–Crippen MR) is 277 cm³/mol. The Balaban J connectivity index is 1.00. The molecule has 10 aromatic rings. The average molecular weight is 847 g/mol. The first kappa shape index (κ1) is 39.3. The highest BCUT2D eigenvalue weighted by atomic mass is 15.2. The summed E-state index contributed by atoms with van der Waals surface area (Å²) in [5, 5.41) is 2.40. The van der Waals surface area contributed by atoms with Gasteiger partial charge in [-0.3, -0.25) is 0 Å². The van der Waals surface area contributed by atoms with Gasteiger partial charge in [0.2, 0.25) is 0 Å². The van der Waals surface area contributed by atoms with Crippen LogP contribution >= 0.6 is 0 Å². The summed E-state index contributed by atoms with van der Waals surface area (Å²) in [6.07, 6.45) is 0.470. The van der Waals surface area contributed by atoms with Gasteiger partial charge in [0.1, 0.15) is 12.0 Å². The molecule has 0 spiro atoms. The maximum Gasteiger partial charge on any atom is 0.159 e. The Morgan fingerprint density at radius 2 is 1.02 bits per heavy atom. The first-order valence-electron chi connectivity index (χ1n) is 22.9. The molecule has 1 heterocycles. The number of fused-ring (bicyclic) bond motifs is 9. The number of hydrogen-bond acceptors (Lipinski definition) is 1. The van der Waals surface area contributed by atoms with E-state index in [4.69, 9.17) is 15.7 Å². The Morgan fingerprint density at radius 1 is 0.485 bits per heavy atom. The molecule has 1 aromatic heterocycles. The molecule has 2 atom stereocenters. The van der Waals surface area contributed by atoms with E-state index in [0.717, 1.165) is 34.1 Å². The van der Waals surface area contributed by atoms with Crippen molar-refractivity contribution < 1.29 is 0 Å². The van der Waals surface area contributed by atoms with E-state index >= 15 is 0 Å². The molecular weight excluding hydrogens is 801 g/mol. The van der Waals surface area contributed by atoms with Gasteiger partial charge in [0.15, 0.2) is 5.84 Å². The van der Waals surface area contributed by atoms with Crippen molar-refractivity contribution in [1.82, 2.24) is 4.57 Å². The number of amidine groups is 2. The zero-order chi connectivity index (χ0) is 44.1. The maximum absolute atomic E-state index is 7.18. The fourth-order valence-electron chi connectivity index (χ4n) is 10.5. The summed E-state index contributed by atoms with van der Waals surface area (Å²) < 4.78 is 2.41. The number of nitrogens with two attached hydrogens (primary N) is 1. The minimum atomic E-state index is -0.273. The average Bonchev–Trinajstić information content (AvgIpc) is 4.06. The molecule has 0 saturated carbocycles. The molecule has 4 nitrogen and oxygen atoms in total. The van der Waals surface area contributed by atoms with Crippen LogP contribution in [0.25, 0.3) is 77.5 Å². The second-order valence-electron chi connectivity index (χ2n) is 17.2. The largest absolute Gasteiger partial charge is 0.383 e. The summed E-state index contributed by atoms with van der Waals surface area (Å²) >= 11 is 0. The number of aliphatic imine (C=N–C) groups is 2. The molecule has 0 fully saturated rings. The van der Waals surface area contributed by atoms with Gasteiger partial charge in [0.05, 0.1) is 11.0 Å². The minimum Gasteiger partial charge on any atom is -0.383 e. The van der Waals surface area contributed by atoms with Crippen molar-refractivity contribution in [2.24, 2.45) is 15.7 Å². The topological polar surface area (TPSA) is 55.7 Å². The van der Waals surface area contributed by atoms with E-state index in [9.17, 15) is 0 Å². The molecule has 2 aliphatic rings. The lowest BCUT2D eigenvalue weighted by Crippen LogP contribution is -2.18. The predicted octanol–water partition coefficient (Wildman–Crippen LogP) is 15.2. The van der Waals surface area contributed by atoms with E-state index in [2.05, 4.69) is 218 Å². The molecule has 12 rings (SSSR count). The molecule has 0 bridgehead atoms. The number of allylic oxidation sites excluding steroid dienone is 2. The second-order valence-corrected chi connectivity index (χ2v) is 17.2. The number of rotatable bonds is 9. The zero-order valence-electron chi connectivity index (χ0n) is 36.6. The summed E-state index contributed by atoms with van der Waals surface area (Å²) in [5.74, 6) is 1.22. The first-order chi connectivity index (χ1) is 32.7. The van der Waals surface area contributed by atoms with Gasteiger partial charge in [-0.2, -0.15) is 0 Å². The number of nitrogens with zero attached hydrogens (tertiary/aromatic N) is 3. The third-order valence-electron chi connectivity index (χ3n) is 13.5. The lowest BCUT2D eigenvalue weighted by Gasteiger charge is -2.19. The molecule has 1 unspecified atom stereocenters. The summed E-state index contributed by atoms with van der Waals surface area (Å²) in [5.41, 5.74) is 27.6. The third-order valence-corrected chi connectivity index (χ3v) is 13.5. The van der Waals surface area contributed by atoms with Crippen LogP contribution in [0.15, 0.2) is 234 Å². The van der Waals surface area contributed by atoms with Crippen LogP contribution in [-0.2, 0) is 0 Å². The number of benzene rings is 9. The monoisotopic (exact) mass is 846 g/mol. The Labute approximate surface area is 385 Å². The Hall–Kier alpha value is -8.34. The van der Waals surface area contributed by atoms with Crippen LogP contribution in [0.5, 0.6) is 0 Å². The quantitative estimate of drug-likeness (QED) is 0.114. The minimum absolute atomic E-state index is 0.226. The molecule has 2 aliphatic carbocycles. The fraction of sp³-hybridized carbons (Fsp3) is 0.0645. The fourth-order valence-corrected chi connectivity index (χ4v) is 10.5. The first-order valence-corrected chi connectivity index (χ1v) is 22.9. The number of para-hydroxylation sites is 2. The standard InChI is InChI=1S/C62H46N4/c1-2-55(66-54-38-17-16-31-50(54)53-37-20-36-47(60(53)66)41-23-8-4-9-24-41)64-62(42-25-10-5-11-26-42)65-61(63)44-28-18-27-43(39-44)46-35-19-34-45(40-21-6-3-7-22-40)56(46)59-57-51-32-14-12-29-48(51)49-30-13-15-33-52(49)58(57)59/h3-39,55,57H,2H2,1H3,(H2,63,64,65)/t55?,57-/m1/s1. The molecule has 2 N–H and O–H groups in total. The molecule has 0 radical (unpaired) electrons. The summed E-state index contributed by atoms with van der Waals surface area (Å²) in [6, 6.07) is 80.0. The maximum atomic E-state index is 7.18. The SMILES string of the molecule is CCC(N=C(N=C(N)c1cccc(-c2cccc(-c3ccccc3)c2C2=C3c4ccccc4-c4ccccc4[C@H]32)c1)c1ccccc1)n1c2ccccc2c2cccc(-c3ccccc3)c21. The number of hydrogen-bond donors (Lipinski definition) is 1. The van der Waals surface area contributed by atoms with E-state index in [1.807, 2.05) is 18.2 Å². The van der Waals surface area contributed by atoms with Gasteiger partial charge >= 0.3 is 0 Å². The van der Waals surface area contributed by atoms with Gasteiger partial charge in [-0.05, 0) is 85.3 Å². The van der Waals surface area contributed by atoms with Crippen LogP contribution in [0, 0.1) is 0 Å². The van der Waals surface area contributed by atoms with Crippen molar-refractivity contribution in [3.05, 3.63) is 252 Å². The molecule has 0 aliphatic heterocycles. The lowest BCUT2D eigenvalue weighted by molar-refractivity contribution is 0.539. The van der Waals surface area contributed by atoms with Crippen molar-refractivity contribution >= 4 is 44.6 Å². The van der Waals surface area contributed by atoms with E-state index in [-0.39, 0.29) is 12.1 Å². The number of aromatic nitrogens is 1. The van der Waals surface area contributed by atoms with Gasteiger partial charge in [-0.1, -0.05) is 219 Å². The third kappa shape index (κ3) is 6.61. The van der Waals surface area contributed by atoms with E-state index < -0.39 is 0 Å². The van der Waals surface area contributed by atoms with Crippen molar-refractivity contribution in [2.75, 3.05) is 0 Å². The summed E-state index contributed by atoms with van der Waals surface area (Å²) in [6.45, 7) is 2.20. The molecule has 9 aromatic carbocycles. The molecule has 314 valence electrons.